The van der Waals surface area contributed by atoms with Gasteiger partial charge in [0.1, 0.15) is 21.8 Å². The molecule has 0 radical (unpaired) electrons. The lowest BCUT2D eigenvalue weighted by atomic mass is 10.0. The zero-order chi connectivity index (χ0) is 23.3. The Bertz CT molecular complexity index is 1010. The SMILES string of the molecule is CCCCCCN1C(=O)C(=Cc2c(C)c(C#N)c(=O)n(C)c2N2CCCCCC2)SC1=S. The molecule has 0 unspecified atom stereocenters. The van der Waals surface area contributed by atoms with Crippen LogP contribution in [0.3, 0.4) is 0 Å². The molecule has 0 aliphatic carbocycles. The molecule has 0 aromatic carbocycles. The van der Waals surface area contributed by atoms with Gasteiger partial charge < -0.3 is 4.90 Å². The number of nitriles is 1. The number of thiocarbonyl (C=S) groups is 1. The molecule has 1 aromatic heterocycles. The molecule has 2 aliphatic rings. The van der Waals surface area contributed by atoms with Gasteiger partial charge in [0.2, 0.25) is 0 Å². The number of anilines is 1. The fourth-order valence-corrected chi connectivity index (χ4v) is 5.69. The van der Waals surface area contributed by atoms with Crippen LogP contribution in [0.15, 0.2) is 9.70 Å². The van der Waals surface area contributed by atoms with Crippen LogP contribution in [0.2, 0.25) is 0 Å². The summed E-state index contributed by atoms with van der Waals surface area (Å²) in [6.45, 7) is 6.32. The smallest absolute Gasteiger partial charge is 0.270 e. The van der Waals surface area contributed by atoms with E-state index in [4.69, 9.17) is 12.2 Å². The lowest BCUT2D eigenvalue weighted by Gasteiger charge is -2.28. The number of pyridine rings is 1. The zero-order valence-electron chi connectivity index (χ0n) is 19.3. The summed E-state index contributed by atoms with van der Waals surface area (Å²) >= 11 is 6.81. The maximum absolute atomic E-state index is 13.1. The molecule has 0 saturated carbocycles. The number of hydrogen-bond acceptors (Lipinski definition) is 6. The molecule has 0 spiro atoms. The van der Waals surface area contributed by atoms with Gasteiger partial charge in [-0.15, -0.1) is 0 Å². The second kappa shape index (κ2) is 11.2. The standard InChI is InChI=1S/C24H32N4O2S2/c1-4-5-6-11-14-28-23(30)20(32-24(28)31)15-18-17(2)19(16-25)22(29)26(3)21(18)27-12-9-7-8-10-13-27/h15H,4-14H2,1-3H3. The summed E-state index contributed by atoms with van der Waals surface area (Å²) in [4.78, 5) is 30.5. The van der Waals surface area contributed by atoms with Gasteiger partial charge in [0, 0.05) is 32.2 Å². The number of rotatable bonds is 7. The van der Waals surface area contributed by atoms with Crippen LogP contribution >= 0.6 is 24.0 Å². The minimum Gasteiger partial charge on any atom is -0.357 e. The molecule has 2 aliphatic heterocycles. The van der Waals surface area contributed by atoms with Gasteiger partial charge in [-0.05, 0) is 37.8 Å². The van der Waals surface area contributed by atoms with Gasteiger partial charge in [-0.25, -0.2) is 0 Å². The number of unbranched alkanes of at least 4 members (excludes halogenated alkanes) is 3. The minimum absolute atomic E-state index is 0.0786. The van der Waals surface area contributed by atoms with Crippen LogP contribution in [0.25, 0.3) is 6.08 Å². The lowest BCUT2D eigenvalue weighted by molar-refractivity contribution is -0.122. The largest absolute Gasteiger partial charge is 0.357 e. The van der Waals surface area contributed by atoms with E-state index in [-0.39, 0.29) is 17.0 Å². The van der Waals surface area contributed by atoms with Crippen LogP contribution in [-0.2, 0) is 11.8 Å². The number of carbonyl (C=O) groups excluding carboxylic acids is 1. The molecular formula is C24H32N4O2S2. The van der Waals surface area contributed by atoms with E-state index < -0.39 is 0 Å². The van der Waals surface area contributed by atoms with Gasteiger partial charge in [-0.1, -0.05) is 63.0 Å². The third kappa shape index (κ3) is 5.10. The van der Waals surface area contributed by atoms with E-state index in [9.17, 15) is 14.9 Å². The lowest BCUT2D eigenvalue weighted by Crippen LogP contribution is -2.34. The van der Waals surface area contributed by atoms with Gasteiger partial charge in [0.15, 0.2) is 0 Å². The molecule has 2 fully saturated rings. The maximum atomic E-state index is 13.1. The average molecular weight is 473 g/mol. The molecule has 8 heteroatoms. The Morgan fingerprint density at radius 1 is 1.12 bits per heavy atom. The van der Waals surface area contributed by atoms with Crippen molar-refractivity contribution in [2.75, 3.05) is 24.5 Å². The van der Waals surface area contributed by atoms with Gasteiger partial charge in [0.05, 0.1) is 4.91 Å². The van der Waals surface area contributed by atoms with Crippen molar-refractivity contribution in [2.24, 2.45) is 7.05 Å². The molecule has 0 bridgehead atoms. The van der Waals surface area contributed by atoms with Crippen LogP contribution in [-0.4, -0.2) is 39.3 Å². The molecule has 3 heterocycles. The highest BCUT2D eigenvalue weighted by Crippen LogP contribution is 2.36. The number of amides is 1. The van der Waals surface area contributed by atoms with E-state index in [1.807, 2.05) is 6.08 Å². The molecule has 3 rings (SSSR count). The van der Waals surface area contributed by atoms with Gasteiger partial charge in [-0.3, -0.25) is 19.1 Å². The molecule has 0 N–H and O–H groups in total. The van der Waals surface area contributed by atoms with Crippen LogP contribution < -0.4 is 10.5 Å². The first-order chi connectivity index (χ1) is 15.4. The summed E-state index contributed by atoms with van der Waals surface area (Å²) in [7, 11) is 1.72. The van der Waals surface area contributed by atoms with Crippen molar-refractivity contribution in [2.45, 2.75) is 65.2 Å². The summed E-state index contributed by atoms with van der Waals surface area (Å²) in [5.74, 6) is 0.715. The van der Waals surface area contributed by atoms with Crippen molar-refractivity contribution < 1.29 is 4.79 Å². The van der Waals surface area contributed by atoms with E-state index >= 15 is 0 Å². The fourth-order valence-electron chi connectivity index (χ4n) is 4.40. The molecule has 0 atom stereocenters. The first kappa shape index (κ1) is 24.5. The first-order valence-electron chi connectivity index (χ1n) is 11.5. The predicted molar refractivity (Wildman–Crippen MR) is 136 cm³/mol. The number of carbonyl (C=O) groups is 1. The highest BCUT2D eigenvalue weighted by molar-refractivity contribution is 8.26. The van der Waals surface area contributed by atoms with E-state index in [1.165, 1.54) is 24.6 Å². The van der Waals surface area contributed by atoms with Crippen LogP contribution in [0, 0.1) is 18.3 Å². The normalized spacial score (nSPS) is 18.4. The summed E-state index contributed by atoms with van der Waals surface area (Å²) < 4.78 is 2.16. The summed E-state index contributed by atoms with van der Waals surface area (Å²) in [6, 6.07) is 2.07. The molecule has 32 heavy (non-hydrogen) atoms. The van der Waals surface area contributed by atoms with Gasteiger partial charge >= 0.3 is 0 Å². The number of thioether (sulfide) groups is 1. The van der Waals surface area contributed by atoms with E-state index in [0.717, 1.165) is 63.0 Å². The van der Waals surface area contributed by atoms with E-state index in [0.29, 0.717) is 21.3 Å². The van der Waals surface area contributed by atoms with Crippen LogP contribution in [0.4, 0.5) is 5.82 Å². The molecule has 2 saturated heterocycles. The van der Waals surface area contributed by atoms with Gasteiger partial charge in [0.25, 0.3) is 11.5 Å². The number of nitrogens with zero attached hydrogens (tertiary/aromatic N) is 4. The minimum atomic E-state index is -0.287. The average Bonchev–Trinajstić information content (AvgIpc) is 2.95. The van der Waals surface area contributed by atoms with Crippen molar-refractivity contribution >= 4 is 46.1 Å². The van der Waals surface area contributed by atoms with Crippen molar-refractivity contribution in [3.63, 3.8) is 0 Å². The summed E-state index contributed by atoms with van der Waals surface area (Å²) in [6.07, 6.45) is 10.6. The predicted octanol–water partition coefficient (Wildman–Crippen LogP) is 4.73. The highest BCUT2D eigenvalue weighted by Gasteiger charge is 2.32. The second-order valence-electron chi connectivity index (χ2n) is 8.51. The Hall–Kier alpha value is -2.11. The zero-order valence-corrected chi connectivity index (χ0v) is 20.9. The van der Waals surface area contributed by atoms with Crippen molar-refractivity contribution in [3.8, 4) is 6.07 Å². The maximum Gasteiger partial charge on any atom is 0.270 e. The molecule has 1 amide bonds. The molecule has 172 valence electrons. The fraction of sp³-hybridized carbons (Fsp3) is 0.583. The molecular weight excluding hydrogens is 440 g/mol. The van der Waals surface area contributed by atoms with E-state index in [1.54, 1.807) is 23.4 Å². The Morgan fingerprint density at radius 3 is 2.44 bits per heavy atom. The third-order valence-corrected chi connectivity index (χ3v) is 7.64. The van der Waals surface area contributed by atoms with Gasteiger partial charge in [-0.2, -0.15) is 5.26 Å². The number of hydrogen-bond donors (Lipinski definition) is 0. The van der Waals surface area contributed by atoms with Crippen LogP contribution in [0.1, 0.15) is 75.0 Å². The molecule has 6 nitrogen and oxygen atoms in total. The van der Waals surface area contributed by atoms with Crippen LogP contribution in [0.5, 0.6) is 0 Å². The number of aromatic nitrogens is 1. The van der Waals surface area contributed by atoms with Crippen molar-refractivity contribution in [3.05, 3.63) is 31.9 Å². The van der Waals surface area contributed by atoms with Crippen molar-refractivity contribution in [1.82, 2.24) is 9.47 Å². The Labute approximate surface area is 200 Å². The third-order valence-electron chi connectivity index (χ3n) is 6.26. The second-order valence-corrected chi connectivity index (χ2v) is 10.2. The monoisotopic (exact) mass is 472 g/mol. The molecule has 1 aromatic rings. The first-order valence-corrected chi connectivity index (χ1v) is 12.8. The Kier molecular flexibility index (Phi) is 8.55. The summed E-state index contributed by atoms with van der Waals surface area (Å²) in [5, 5.41) is 9.63. The quantitative estimate of drug-likeness (QED) is 0.325. The van der Waals surface area contributed by atoms with Crippen molar-refractivity contribution in [1.29, 1.82) is 5.26 Å². The topological polar surface area (TPSA) is 69.3 Å². The highest BCUT2D eigenvalue weighted by atomic mass is 32.2. The Morgan fingerprint density at radius 2 is 1.81 bits per heavy atom. The van der Waals surface area contributed by atoms with E-state index in [2.05, 4.69) is 17.9 Å². The summed E-state index contributed by atoms with van der Waals surface area (Å²) in [5.41, 5.74) is 1.25. The Balaban J connectivity index is 2.03.